The number of oxazole rings is 1. The van der Waals surface area contributed by atoms with E-state index in [-0.39, 0.29) is 11.4 Å². The molecule has 9 heteroatoms. The second kappa shape index (κ2) is 8.67. The van der Waals surface area contributed by atoms with Crippen LogP contribution in [0.15, 0.2) is 64.2 Å². The third-order valence-corrected chi connectivity index (χ3v) is 6.51. The largest absolute Gasteiger partial charge is 0.447 e. The Labute approximate surface area is 174 Å². The predicted molar refractivity (Wildman–Crippen MR) is 110 cm³/mol. The number of sulfonamides is 1. The first kappa shape index (κ1) is 20.9. The van der Waals surface area contributed by atoms with Crippen LogP contribution in [-0.4, -0.2) is 25.9 Å². The molecule has 0 bridgehead atoms. The molecule has 0 aliphatic carbocycles. The van der Waals surface area contributed by atoms with Gasteiger partial charge in [0.2, 0.25) is 11.8 Å². The van der Waals surface area contributed by atoms with Crippen LogP contribution in [0.1, 0.15) is 17.0 Å². The van der Waals surface area contributed by atoms with Crippen molar-refractivity contribution in [3.63, 3.8) is 0 Å². The van der Waals surface area contributed by atoms with E-state index in [0.29, 0.717) is 22.2 Å². The average molecular weight is 434 g/mol. The average Bonchev–Trinajstić information content (AvgIpc) is 3.21. The van der Waals surface area contributed by atoms with Crippen molar-refractivity contribution in [3.8, 4) is 0 Å². The normalized spacial score (nSPS) is 11.3. The molecule has 0 unspecified atom stereocenters. The molecule has 1 amide bonds. The van der Waals surface area contributed by atoms with E-state index in [0.717, 1.165) is 9.87 Å². The van der Waals surface area contributed by atoms with Crippen LogP contribution in [0.4, 0.5) is 5.69 Å². The minimum atomic E-state index is -4.00. The van der Waals surface area contributed by atoms with E-state index in [4.69, 9.17) is 16.0 Å². The van der Waals surface area contributed by atoms with Gasteiger partial charge in [0.15, 0.2) is 0 Å². The highest BCUT2D eigenvalue weighted by Gasteiger charge is 2.28. The van der Waals surface area contributed by atoms with Crippen LogP contribution < -0.4 is 9.62 Å². The van der Waals surface area contributed by atoms with Crippen molar-refractivity contribution in [1.29, 1.82) is 0 Å². The van der Waals surface area contributed by atoms with Crippen LogP contribution in [-0.2, 0) is 21.4 Å². The van der Waals surface area contributed by atoms with Gasteiger partial charge < -0.3 is 9.73 Å². The number of halogens is 1. The van der Waals surface area contributed by atoms with Gasteiger partial charge in [-0.25, -0.2) is 13.4 Å². The minimum Gasteiger partial charge on any atom is -0.447 e. The topological polar surface area (TPSA) is 92.5 Å². The maximum absolute atomic E-state index is 13.3. The van der Waals surface area contributed by atoms with Crippen LogP contribution in [0.3, 0.4) is 0 Å². The molecule has 1 N–H and O–H groups in total. The lowest BCUT2D eigenvalue weighted by Crippen LogP contribution is -2.41. The molecule has 3 aromatic rings. The molecule has 7 nitrogen and oxygen atoms in total. The van der Waals surface area contributed by atoms with E-state index in [9.17, 15) is 13.2 Å². The molecule has 1 heterocycles. The first-order chi connectivity index (χ1) is 13.8. The number of anilines is 1. The van der Waals surface area contributed by atoms with Crippen molar-refractivity contribution in [2.75, 3.05) is 10.8 Å². The van der Waals surface area contributed by atoms with E-state index >= 15 is 0 Å². The summed E-state index contributed by atoms with van der Waals surface area (Å²) in [4.78, 5) is 16.5. The summed E-state index contributed by atoms with van der Waals surface area (Å²) >= 11 is 6.20. The molecule has 0 fully saturated rings. The zero-order chi connectivity index (χ0) is 21.0. The Kier molecular flexibility index (Phi) is 6.24. The number of nitrogens with one attached hydrogen (secondary N) is 1. The number of amides is 1. The highest BCUT2D eigenvalue weighted by Crippen LogP contribution is 2.30. The van der Waals surface area contributed by atoms with Gasteiger partial charge in [-0.05, 0) is 43.7 Å². The number of nitrogens with zero attached hydrogens (tertiary/aromatic N) is 2. The summed E-state index contributed by atoms with van der Waals surface area (Å²) in [5.41, 5.74) is 1.83. The Morgan fingerprint density at radius 2 is 1.90 bits per heavy atom. The van der Waals surface area contributed by atoms with Gasteiger partial charge in [-0.15, -0.1) is 0 Å². The number of hydrogen-bond donors (Lipinski definition) is 1. The maximum atomic E-state index is 13.3. The quantitative estimate of drug-likeness (QED) is 0.616. The first-order valence-electron chi connectivity index (χ1n) is 8.78. The fraction of sp³-hybridized carbons (Fsp3) is 0.200. The van der Waals surface area contributed by atoms with E-state index in [1.54, 1.807) is 37.3 Å². The molecular weight excluding hydrogens is 414 g/mol. The molecule has 0 atom stereocenters. The van der Waals surface area contributed by atoms with Crippen molar-refractivity contribution >= 4 is 33.2 Å². The van der Waals surface area contributed by atoms with Gasteiger partial charge in [-0.1, -0.05) is 35.4 Å². The Bertz CT molecular complexity index is 1100. The lowest BCUT2D eigenvalue weighted by molar-refractivity contribution is -0.119. The second-order valence-electron chi connectivity index (χ2n) is 6.41. The molecule has 0 saturated heterocycles. The van der Waals surface area contributed by atoms with Gasteiger partial charge >= 0.3 is 0 Å². The summed E-state index contributed by atoms with van der Waals surface area (Å²) in [6.07, 6.45) is 2.86. The lowest BCUT2D eigenvalue weighted by atomic mass is 10.2. The molecule has 0 aliphatic rings. The van der Waals surface area contributed by atoms with Gasteiger partial charge in [0.05, 0.1) is 23.3 Å². The summed E-state index contributed by atoms with van der Waals surface area (Å²) in [5, 5.41) is 3.03. The summed E-state index contributed by atoms with van der Waals surface area (Å²) in [7, 11) is -4.00. The number of aryl methyl sites for hydroxylation is 1. The second-order valence-corrected chi connectivity index (χ2v) is 8.68. The summed E-state index contributed by atoms with van der Waals surface area (Å²) in [5.74, 6) is -0.177. The summed E-state index contributed by atoms with van der Waals surface area (Å²) < 4.78 is 32.8. The number of rotatable bonds is 7. The fourth-order valence-corrected chi connectivity index (χ4v) is 4.35. The van der Waals surface area contributed by atoms with Crippen molar-refractivity contribution < 1.29 is 17.6 Å². The maximum Gasteiger partial charge on any atom is 0.264 e. The molecular formula is C20H20ClN3O4S. The van der Waals surface area contributed by atoms with Gasteiger partial charge in [-0.3, -0.25) is 9.10 Å². The number of carbonyl (C=O) groups is 1. The van der Waals surface area contributed by atoms with Crippen molar-refractivity contribution in [2.45, 2.75) is 25.3 Å². The third kappa shape index (κ3) is 4.78. The van der Waals surface area contributed by atoms with Crippen LogP contribution in [0, 0.1) is 13.8 Å². The van der Waals surface area contributed by atoms with Crippen LogP contribution in [0.2, 0.25) is 5.02 Å². The molecule has 152 valence electrons. The molecule has 0 aliphatic heterocycles. The van der Waals surface area contributed by atoms with E-state index < -0.39 is 22.5 Å². The van der Waals surface area contributed by atoms with E-state index in [1.165, 1.54) is 24.6 Å². The number of aromatic nitrogens is 1. The Balaban J connectivity index is 1.94. The molecule has 29 heavy (non-hydrogen) atoms. The summed E-state index contributed by atoms with van der Waals surface area (Å²) in [6, 6.07) is 11.4. The Morgan fingerprint density at radius 1 is 1.17 bits per heavy atom. The van der Waals surface area contributed by atoms with Gasteiger partial charge in [0, 0.05) is 5.02 Å². The number of carbonyl (C=O) groups excluding carboxylic acids is 1. The molecule has 2 aromatic carbocycles. The lowest BCUT2D eigenvalue weighted by Gasteiger charge is -2.26. The molecule has 0 radical (unpaired) electrons. The highest BCUT2D eigenvalue weighted by atomic mass is 35.5. The first-order valence-corrected chi connectivity index (χ1v) is 10.6. The zero-order valence-corrected chi connectivity index (χ0v) is 17.5. The third-order valence-electron chi connectivity index (χ3n) is 4.32. The molecule has 3 rings (SSSR count). The summed E-state index contributed by atoms with van der Waals surface area (Å²) in [6.45, 7) is 3.21. The standard InChI is InChI=1S/C20H20ClN3O4S/c1-14-6-8-16(9-7-14)29(26,27)24(18-5-3-4-17(21)15(18)2)13-19(25)23-12-20-22-10-11-28-20/h3-11H,12-13H2,1-2H3,(H,23,25). The SMILES string of the molecule is Cc1ccc(S(=O)(=O)N(CC(=O)NCc2ncco2)c2cccc(Cl)c2C)cc1. The smallest absolute Gasteiger partial charge is 0.264 e. The van der Waals surface area contributed by atoms with Crippen molar-refractivity contribution in [3.05, 3.63) is 77.0 Å². The zero-order valence-electron chi connectivity index (χ0n) is 15.9. The Hall–Kier alpha value is -2.84. The predicted octanol–water partition coefficient (Wildman–Crippen LogP) is 3.46. The van der Waals surface area contributed by atoms with Crippen molar-refractivity contribution in [1.82, 2.24) is 10.3 Å². The van der Waals surface area contributed by atoms with Gasteiger partial charge in [0.25, 0.3) is 10.0 Å². The monoisotopic (exact) mass is 433 g/mol. The van der Waals surface area contributed by atoms with E-state index in [1.807, 2.05) is 6.92 Å². The number of benzene rings is 2. The molecule has 0 saturated carbocycles. The van der Waals surface area contributed by atoms with E-state index in [2.05, 4.69) is 10.3 Å². The minimum absolute atomic E-state index is 0.0543. The van der Waals surface area contributed by atoms with Crippen molar-refractivity contribution in [2.24, 2.45) is 0 Å². The molecule has 1 aromatic heterocycles. The van der Waals surface area contributed by atoms with Crippen LogP contribution >= 0.6 is 11.6 Å². The van der Waals surface area contributed by atoms with Gasteiger partial charge in [0.1, 0.15) is 12.8 Å². The molecule has 0 spiro atoms. The fourth-order valence-electron chi connectivity index (χ4n) is 2.70. The highest BCUT2D eigenvalue weighted by molar-refractivity contribution is 7.92. The van der Waals surface area contributed by atoms with Gasteiger partial charge in [-0.2, -0.15) is 0 Å². The Morgan fingerprint density at radius 3 is 2.55 bits per heavy atom. The van der Waals surface area contributed by atoms with Crippen LogP contribution in [0.25, 0.3) is 0 Å². The number of hydrogen-bond acceptors (Lipinski definition) is 5. The van der Waals surface area contributed by atoms with Crippen LogP contribution in [0.5, 0.6) is 0 Å².